The molecule has 2 N–H and O–H groups in total. The van der Waals surface area contributed by atoms with Crippen molar-refractivity contribution in [3.8, 4) is 0 Å². The molecular formula is C16H24N2O2. The summed E-state index contributed by atoms with van der Waals surface area (Å²) in [6.07, 6.45) is 0. The first-order valence-corrected chi connectivity index (χ1v) is 7.18. The maximum absolute atomic E-state index is 11.9. The summed E-state index contributed by atoms with van der Waals surface area (Å²) >= 11 is 0. The van der Waals surface area contributed by atoms with Gasteiger partial charge >= 0.3 is 5.97 Å². The van der Waals surface area contributed by atoms with Crippen molar-refractivity contribution in [2.45, 2.75) is 33.7 Å². The number of benzene rings is 1. The average molecular weight is 276 g/mol. The predicted octanol–water partition coefficient (Wildman–Crippen LogP) is 1.95. The molecule has 2 rings (SSSR count). The highest BCUT2D eigenvalue weighted by atomic mass is 16.4. The van der Waals surface area contributed by atoms with Gasteiger partial charge in [0, 0.05) is 26.2 Å². The van der Waals surface area contributed by atoms with Crippen LogP contribution in [0.3, 0.4) is 0 Å². The van der Waals surface area contributed by atoms with Crippen molar-refractivity contribution in [3.63, 3.8) is 0 Å². The Labute approximate surface area is 120 Å². The molecule has 1 aliphatic heterocycles. The van der Waals surface area contributed by atoms with Crippen LogP contribution in [-0.4, -0.2) is 42.2 Å². The monoisotopic (exact) mass is 276 g/mol. The molecular weight excluding hydrogens is 252 g/mol. The van der Waals surface area contributed by atoms with E-state index in [9.17, 15) is 9.90 Å². The maximum atomic E-state index is 11.9. The van der Waals surface area contributed by atoms with E-state index in [-0.39, 0.29) is 0 Å². The Morgan fingerprint density at radius 1 is 1.15 bits per heavy atom. The predicted molar refractivity (Wildman–Crippen MR) is 80.2 cm³/mol. The molecule has 110 valence electrons. The smallest absolute Gasteiger partial charge is 0.325 e. The van der Waals surface area contributed by atoms with Gasteiger partial charge in [-0.25, -0.2) is 0 Å². The molecule has 1 atom stereocenters. The Kier molecular flexibility index (Phi) is 4.45. The highest BCUT2D eigenvalue weighted by molar-refractivity contribution is 5.77. The van der Waals surface area contributed by atoms with Crippen molar-refractivity contribution in [2.75, 3.05) is 26.2 Å². The lowest BCUT2D eigenvalue weighted by Crippen LogP contribution is -2.47. The minimum Gasteiger partial charge on any atom is -0.480 e. The fourth-order valence-electron chi connectivity index (χ4n) is 3.06. The summed E-state index contributed by atoms with van der Waals surface area (Å²) in [4.78, 5) is 13.9. The standard InChI is InChI=1S/C16H24N2O2/c1-10-9-11(2)13(4)14(12(10)3)15(16(19)20)18-7-5-17-6-8-18/h9,15,17H,5-8H2,1-4H3,(H,19,20). The lowest BCUT2D eigenvalue weighted by Gasteiger charge is -2.34. The fourth-order valence-corrected chi connectivity index (χ4v) is 3.06. The molecule has 20 heavy (non-hydrogen) atoms. The third-order valence-corrected chi connectivity index (χ3v) is 4.45. The van der Waals surface area contributed by atoms with Crippen LogP contribution in [0.5, 0.6) is 0 Å². The van der Waals surface area contributed by atoms with Crippen LogP contribution in [0.25, 0.3) is 0 Å². The number of aliphatic carboxylic acids is 1. The Morgan fingerprint density at radius 2 is 1.65 bits per heavy atom. The molecule has 0 saturated carbocycles. The van der Waals surface area contributed by atoms with Crippen molar-refractivity contribution in [1.82, 2.24) is 10.2 Å². The number of hydrogen-bond donors (Lipinski definition) is 2. The van der Waals surface area contributed by atoms with Crippen LogP contribution in [0.4, 0.5) is 0 Å². The number of carbonyl (C=O) groups is 1. The Hall–Kier alpha value is -1.39. The number of hydrogen-bond acceptors (Lipinski definition) is 3. The van der Waals surface area contributed by atoms with E-state index in [1.807, 2.05) is 13.8 Å². The first-order chi connectivity index (χ1) is 9.43. The summed E-state index contributed by atoms with van der Waals surface area (Å²) in [6.45, 7) is 11.5. The van der Waals surface area contributed by atoms with E-state index in [0.29, 0.717) is 0 Å². The highest BCUT2D eigenvalue weighted by Crippen LogP contribution is 2.31. The molecule has 0 bridgehead atoms. The fraction of sp³-hybridized carbons (Fsp3) is 0.562. The van der Waals surface area contributed by atoms with Crippen molar-refractivity contribution in [2.24, 2.45) is 0 Å². The Morgan fingerprint density at radius 3 is 2.10 bits per heavy atom. The summed E-state index contributed by atoms with van der Waals surface area (Å²) in [5.74, 6) is -0.747. The minimum atomic E-state index is -0.747. The number of nitrogens with one attached hydrogen (secondary N) is 1. The molecule has 0 aliphatic carbocycles. The summed E-state index contributed by atoms with van der Waals surface area (Å²) in [6, 6.07) is 1.61. The van der Waals surface area contributed by atoms with E-state index in [2.05, 4.69) is 30.1 Å². The number of nitrogens with zero attached hydrogens (tertiary/aromatic N) is 1. The van der Waals surface area contributed by atoms with Gasteiger partial charge in [0.05, 0.1) is 0 Å². The van der Waals surface area contributed by atoms with Gasteiger partial charge in [-0.2, -0.15) is 0 Å². The maximum Gasteiger partial charge on any atom is 0.325 e. The molecule has 0 spiro atoms. The third-order valence-electron chi connectivity index (χ3n) is 4.45. The van der Waals surface area contributed by atoms with Gasteiger partial charge in [-0.1, -0.05) is 6.07 Å². The lowest BCUT2D eigenvalue weighted by atomic mass is 9.89. The van der Waals surface area contributed by atoms with Gasteiger partial charge in [-0.05, 0) is 55.5 Å². The Bertz CT molecular complexity index is 493. The topological polar surface area (TPSA) is 52.6 Å². The number of aryl methyl sites for hydroxylation is 2. The van der Waals surface area contributed by atoms with Crippen molar-refractivity contribution >= 4 is 5.97 Å². The molecule has 1 saturated heterocycles. The van der Waals surface area contributed by atoms with Gasteiger partial charge in [-0.15, -0.1) is 0 Å². The van der Waals surface area contributed by atoms with Crippen LogP contribution in [0.2, 0.25) is 0 Å². The van der Waals surface area contributed by atoms with Gasteiger partial charge in [0.1, 0.15) is 6.04 Å². The number of piperazine rings is 1. The molecule has 1 heterocycles. The van der Waals surface area contributed by atoms with E-state index in [1.54, 1.807) is 0 Å². The molecule has 4 heteroatoms. The van der Waals surface area contributed by atoms with Crippen molar-refractivity contribution in [1.29, 1.82) is 0 Å². The average Bonchev–Trinajstić information content (AvgIpc) is 2.42. The Balaban J connectivity index is 2.51. The summed E-state index contributed by atoms with van der Waals surface area (Å²) in [5.41, 5.74) is 5.55. The minimum absolute atomic E-state index is 0.532. The van der Waals surface area contributed by atoms with Gasteiger partial charge in [-0.3, -0.25) is 9.69 Å². The van der Waals surface area contributed by atoms with Crippen LogP contribution in [0.15, 0.2) is 6.07 Å². The van der Waals surface area contributed by atoms with Crippen LogP contribution < -0.4 is 5.32 Å². The van der Waals surface area contributed by atoms with Gasteiger partial charge in [0.2, 0.25) is 0 Å². The number of carboxylic acid groups (broad SMARTS) is 1. The lowest BCUT2D eigenvalue weighted by molar-refractivity contribution is -0.143. The second-order valence-electron chi connectivity index (χ2n) is 5.70. The molecule has 1 aromatic carbocycles. The molecule has 1 unspecified atom stereocenters. The molecule has 0 amide bonds. The summed E-state index contributed by atoms with van der Waals surface area (Å²) in [7, 11) is 0. The van der Waals surface area contributed by atoms with Gasteiger partial charge in [0.25, 0.3) is 0 Å². The first kappa shape index (κ1) is 15.0. The van der Waals surface area contributed by atoms with E-state index >= 15 is 0 Å². The SMILES string of the molecule is Cc1cc(C)c(C)c(C(C(=O)O)N2CCNCC2)c1C. The van der Waals surface area contributed by atoms with Crippen LogP contribution in [0.1, 0.15) is 33.9 Å². The van der Waals surface area contributed by atoms with E-state index in [0.717, 1.165) is 42.9 Å². The molecule has 0 radical (unpaired) electrons. The molecule has 1 fully saturated rings. The van der Waals surface area contributed by atoms with Crippen LogP contribution in [-0.2, 0) is 4.79 Å². The van der Waals surface area contributed by atoms with E-state index in [4.69, 9.17) is 0 Å². The quantitative estimate of drug-likeness (QED) is 0.886. The molecule has 4 nitrogen and oxygen atoms in total. The summed E-state index contributed by atoms with van der Waals surface area (Å²) < 4.78 is 0. The number of carboxylic acids is 1. The highest BCUT2D eigenvalue weighted by Gasteiger charge is 2.31. The normalized spacial score (nSPS) is 18.0. The number of rotatable bonds is 3. The van der Waals surface area contributed by atoms with Crippen molar-refractivity contribution in [3.05, 3.63) is 33.9 Å². The van der Waals surface area contributed by atoms with E-state index < -0.39 is 12.0 Å². The van der Waals surface area contributed by atoms with Crippen LogP contribution >= 0.6 is 0 Å². The van der Waals surface area contributed by atoms with Gasteiger partial charge < -0.3 is 10.4 Å². The molecule has 0 aromatic heterocycles. The zero-order valence-electron chi connectivity index (χ0n) is 12.8. The molecule has 1 aromatic rings. The van der Waals surface area contributed by atoms with E-state index in [1.165, 1.54) is 11.1 Å². The second kappa shape index (κ2) is 5.94. The third kappa shape index (κ3) is 2.72. The largest absolute Gasteiger partial charge is 0.480 e. The first-order valence-electron chi connectivity index (χ1n) is 7.18. The van der Waals surface area contributed by atoms with Gasteiger partial charge in [0.15, 0.2) is 0 Å². The molecule has 1 aliphatic rings. The zero-order valence-corrected chi connectivity index (χ0v) is 12.8. The van der Waals surface area contributed by atoms with Crippen LogP contribution in [0, 0.1) is 27.7 Å². The second-order valence-corrected chi connectivity index (χ2v) is 5.70. The summed E-state index contributed by atoms with van der Waals surface area (Å²) in [5, 5.41) is 13.0. The van der Waals surface area contributed by atoms with Crippen molar-refractivity contribution < 1.29 is 9.90 Å². The zero-order chi connectivity index (χ0) is 14.9.